The van der Waals surface area contributed by atoms with E-state index in [0.29, 0.717) is 37.6 Å². The highest BCUT2D eigenvalue weighted by atomic mass is 19.4. The van der Waals surface area contributed by atoms with E-state index in [-0.39, 0.29) is 17.2 Å². The van der Waals surface area contributed by atoms with Crippen LogP contribution in [0.4, 0.5) is 24.7 Å². The molecule has 10 heteroatoms. The van der Waals surface area contributed by atoms with Crippen LogP contribution in [0.3, 0.4) is 0 Å². The van der Waals surface area contributed by atoms with Crippen molar-refractivity contribution >= 4 is 17.4 Å². The van der Waals surface area contributed by atoms with Gasteiger partial charge in [-0.25, -0.2) is 4.98 Å². The molecule has 2 heterocycles. The number of alkyl halides is 3. The van der Waals surface area contributed by atoms with Gasteiger partial charge in [0.1, 0.15) is 19.3 Å². The monoisotopic (exact) mass is 395 g/mol. The second kappa shape index (κ2) is 7.45. The Morgan fingerprint density at radius 1 is 1.14 bits per heavy atom. The van der Waals surface area contributed by atoms with Gasteiger partial charge in [-0.15, -0.1) is 0 Å². The molecule has 1 saturated heterocycles. The summed E-state index contributed by atoms with van der Waals surface area (Å²) in [4.78, 5) is 29.2. The van der Waals surface area contributed by atoms with E-state index in [4.69, 9.17) is 0 Å². The lowest BCUT2D eigenvalue weighted by atomic mass is 10.1. The number of hydrogen-bond acceptors (Lipinski definition) is 4. The number of H-pyrrole nitrogens is 1. The Morgan fingerprint density at radius 2 is 1.82 bits per heavy atom. The number of benzene rings is 1. The quantitative estimate of drug-likeness (QED) is 0.591. The van der Waals surface area contributed by atoms with Gasteiger partial charge >= 0.3 is 6.18 Å². The van der Waals surface area contributed by atoms with Crippen LogP contribution < -0.4 is 9.88 Å². The summed E-state index contributed by atoms with van der Waals surface area (Å²) < 4.78 is 37.9. The molecule has 0 aliphatic carbocycles. The van der Waals surface area contributed by atoms with Crippen molar-refractivity contribution < 1.29 is 27.9 Å². The zero-order chi connectivity index (χ0) is 20.5. The van der Waals surface area contributed by atoms with Crippen molar-refractivity contribution in [3.8, 4) is 0 Å². The third-order valence-electron chi connectivity index (χ3n) is 4.68. The predicted molar refractivity (Wildman–Crippen MR) is 93.9 cm³/mol. The Bertz CT molecular complexity index is 892. The van der Waals surface area contributed by atoms with E-state index in [1.54, 1.807) is 24.0 Å². The molecule has 1 amide bonds. The summed E-state index contributed by atoms with van der Waals surface area (Å²) in [6.07, 6.45) is -3.49. The van der Waals surface area contributed by atoms with Gasteiger partial charge in [-0.05, 0) is 19.1 Å². The smallest absolute Gasteiger partial charge is 0.331 e. The van der Waals surface area contributed by atoms with Crippen LogP contribution in [0.1, 0.15) is 21.5 Å². The molecule has 0 atom stereocenters. The number of aromatic amines is 1. The number of carbonyl (C=O) groups excluding carboxylic acids is 1. The summed E-state index contributed by atoms with van der Waals surface area (Å²) in [5.74, 6) is 0.227. The van der Waals surface area contributed by atoms with Crippen LogP contribution in [0.2, 0.25) is 0 Å². The summed E-state index contributed by atoms with van der Waals surface area (Å²) in [6.45, 7) is 3.18. The highest BCUT2D eigenvalue weighted by Crippen LogP contribution is 2.28. The minimum absolute atomic E-state index is 0.108. The van der Waals surface area contributed by atoms with Gasteiger partial charge in [0.25, 0.3) is 17.4 Å². The van der Waals surface area contributed by atoms with Crippen LogP contribution in [-0.2, 0) is 6.18 Å². The average Bonchev–Trinajstić information content (AvgIpc) is 2.67. The van der Waals surface area contributed by atoms with Crippen molar-refractivity contribution in [2.24, 2.45) is 0 Å². The number of amides is 1. The lowest BCUT2D eigenvalue weighted by Gasteiger charge is -2.31. The fourth-order valence-electron chi connectivity index (χ4n) is 3.06. The Morgan fingerprint density at radius 3 is 2.36 bits per heavy atom. The number of nitrogens with one attached hydrogen (secondary N) is 1. The number of pyridine rings is 1. The molecule has 0 radical (unpaired) electrons. The molecule has 28 heavy (non-hydrogen) atoms. The molecule has 1 fully saturated rings. The number of nitrogens with zero attached hydrogens (tertiary/aromatic N) is 3. The zero-order valence-electron chi connectivity index (χ0n) is 15.0. The first kappa shape index (κ1) is 19.6. The highest BCUT2D eigenvalue weighted by Gasteiger charge is 2.33. The Kier molecular flexibility index (Phi) is 5.21. The summed E-state index contributed by atoms with van der Waals surface area (Å²) in [6, 6.07) is 6.74. The van der Waals surface area contributed by atoms with Crippen LogP contribution in [0, 0.1) is 17.0 Å². The van der Waals surface area contributed by atoms with Crippen LogP contribution in [0.25, 0.3) is 0 Å². The van der Waals surface area contributed by atoms with Crippen LogP contribution in [0.15, 0.2) is 36.5 Å². The average molecular weight is 395 g/mol. The normalized spacial score (nSPS) is 14.9. The molecular weight excluding hydrogens is 377 g/mol. The van der Waals surface area contributed by atoms with Gasteiger partial charge in [0.15, 0.2) is 0 Å². The van der Waals surface area contributed by atoms with E-state index < -0.39 is 16.7 Å². The minimum Gasteiger partial charge on any atom is -0.331 e. The molecule has 2 aromatic rings. The fraction of sp³-hybridized carbons (Fsp3) is 0.333. The van der Waals surface area contributed by atoms with Crippen LogP contribution in [-0.4, -0.2) is 41.9 Å². The topological polar surface area (TPSA) is 80.8 Å². The summed E-state index contributed by atoms with van der Waals surface area (Å²) in [7, 11) is 0. The maximum Gasteiger partial charge on any atom is 0.419 e. The summed E-state index contributed by atoms with van der Waals surface area (Å²) in [5, 5.41) is 11.1. The number of aryl methyl sites for hydroxylation is 1. The van der Waals surface area contributed by atoms with E-state index in [2.05, 4.69) is 4.98 Å². The number of piperazine rings is 1. The summed E-state index contributed by atoms with van der Waals surface area (Å²) >= 11 is 0. The molecule has 0 saturated carbocycles. The van der Waals surface area contributed by atoms with Gasteiger partial charge in [0.2, 0.25) is 0 Å². The Balaban J connectivity index is 1.66. The van der Waals surface area contributed by atoms with Gasteiger partial charge in [-0.2, -0.15) is 13.2 Å². The molecule has 1 aromatic carbocycles. The standard InChI is InChI=1S/C18H17F3N4O3/c1-12-2-3-13(10-15(12)25(27)28)17(26)24-8-6-23(7-9-24)16-5-4-14(11-22-16)18(19,20)21/h2-5,10-11H,6-9H2,1H3/p+1. The first-order chi connectivity index (χ1) is 13.2. The number of nitro benzene ring substituents is 1. The van der Waals surface area contributed by atoms with Gasteiger partial charge in [0, 0.05) is 23.3 Å². The number of halogens is 3. The van der Waals surface area contributed by atoms with Crippen LogP contribution in [0.5, 0.6) is 0 Å². The number of hydrogen-bond donors (Lipinski definition) is 0. The number of rotatable bonds is 3. The molecular formula is C18H18F3N4O3+. The van der Waals surface area contributed by atoms with E-state index in [1.165, 1.54) is 12.1 Å². The van der Waals surface area contributed by atoms with Crippen molar-refractivity contribution in [1.29, 1.82) is 0 Å². The van der Waals surface area contributed by atoms with Crippen molar-refractivity contribution in [3.63, 3.8) is 0 Å². The van der Waals surface area contributed by atoms with Crippen molar-refractivity contribution in [2.45, 2.75) is 13.1 Å². The van der Waals surface area contributed by atoms with Gasteiger partial charge < -0.3 is 4.90 Å². The lowest BCUT2D eigenvalue weighted by molar-refractivity contribution is -0.385. The molecule has 7 nitrogen and oxygen atoms in total. The molecule has 0 bridgehead atoms. The molecule has 3 rings (SSSR count). The van der Waals surface area contributed by atoms with Gasteiger partial charge in [-0.1, -0.05) is 6.07 Å². The number of carbonyl (C=O) groups is 1. The van der Waals surface area contributed by atoms with Crippen LogP contribution >= 0.6 is 0 Å². The number of aromatic nitrogens is 1. The van der Waals surface area contributed by atoms with E-state index in [9.17, 15) is 28.1 Å². The molecule has 1 N–H and O–H groups in total. The lowest BCUT2D eigenvalue weighted by Crippen LogP contribution is -2.50. The Hall–Kier alpha value is -3.17. The molecule has 1 aromatic heterocycles. The third kappa shape index (κ3) is 4.05. The maximum atomic E-state index is 12.6. The summed E-state index contributed by atoms with van der Waals surface area (Å²) in [5.41, 5.74) is -0.147. The predicted octanol–water partition coefficient (Wildman–Crippen LogP) is 2.70. The third-order valence-corrected chi connectivity index (χ3v) is 4.68. The Labute approximate surface area is 158 Å². The molecule has 1 aliphatic rings. The number of nitro groups is 1. The SMILES string of the molecule is Cc1ccc(C(=O)N2CCN(c3ccc(C(F)(F)F)c[nH+]3)CC2)cc1[N+](=O)[O-]. The van der Waals surface area contributed by atoms with Gasteiger partial charge in [-0.3, -0.25) is 19.8 Å². The first-order valence-corrected chi connectivity index (χ1v) is 8.55. The van der Waals surface area contributed by atoms with Crippen molar-refractivity contribution in [2.75, 3.05) is 31.1 Å². The zero-order valence-corrected chi connectivity index (χ0v) is 15.0. The van der Waals surface area contributed by atoms with Crippen molar-refractivity contribution in [1.82, 2.24) is 4.90 Å². The fourth-order valence-corrected chi connectivity index (χ4v) is 3.06. The van der Waals surface area contributed by atoms with E-state index in [1.807, 2.05) is 4.90 Å². The molecule has 0 unspecified atom stereocenters. The second-order valence-corrected chi connectivity index (χ2v) is 6.50. The van der Waals surface area contributed by atoms with Gasteiger partial charge in [0.05, 0.1) is 23.6 Å². The number of anilines is 1. The minimum atomic E-state index is -4.41. The molecule has 0 spiro atoms. The second-order valence-electron chi connectivity index (χ2n) is 6.50. The largest absolute Gasteiger partial charge is 0.419 e. The first-order valence-electron chi connectivity index (χ1n) is 8.55. The molecule has 148 valence electrons. The maximum absolute atomic E-state index is 12.6. The van der Waals surface area contributed by atoms with Crippen molar-refractivity contribution in [3.05, 3.63) is 63.3 Å². The van der Waals surface area contributed by atoms with E-state index in [0.717, 1.165) is 12.3 Å². The van der Waals surface area contributed by atoms with E-state index >= 15 is 0 Å². The highest BCUT2D eigenvalue weighted by molar-refractivity contribution is 5.95. The molecule has 1 aliphatic heterocycles.